The third-order valence-electron chi connectivity index (χ3n) is 1.43. The normalized spacial score (nSPS) is 13.5. The Labute approximate surface area is 68.0 Å². The average Bonchev–Trinajstić information content (AvgIpc) is 1.85. The Bertz CT molecular complexity index is 123. The summed E-state index contributed by atoms with van der Waals surface area (Å²) in [5, 5.41) is 9.26. The maximum absolute atomic E-state index is 10.8. The summed E-state index contributed by atoms with van der Waals surface area (Å²) < 4.78 is 0. The Morgan fingerprint density at radius 3 is 2.45 bits per heavy atom. The zero-order valence-electron chi connectivity index (χ0n) is 7.50. The van der Waals surface area contributed by atoms with Crippen molar-refractivity contribution >= 4 is 5.78 Å². The van der Waals surface area contributed by atoms with Crippen molar-refractivity contribution in [2.24, 2.45) is 0 Å². The molecule has 0 aliphatic rings. The molecule has 3 nitrogen and oxygen atoms in total. The van der Waals surface area contributed by atoms with Gasteiger partial charge in [0.2, 0.25) is 0 Å². The van der Waals surface area contributed by atoms with Gasteiger partial charge in [0, 0.05) is 19.4 Å². The van der Waals surface area contributed by atoms with Crippen LogP contribution in [0.5, 0.6) is 0 Å². The highest BCUT2D eigenvalue weighted by molar-refractivity contribution is 5.78. The minimum Gasteiger partial charge on any atom is -0.391 e. The molecule has 1 unspecified atom stereocenters. The molecule has 0 bridgehead atoms. The molecule has 0 rings (SSSR count). The van der Waals surface area contributed by atoms with Gasteiger partial charge in [-0.15, -0.1) is 0 Å². The van der Waals surface area contributed by atoms with E-state index in [4.69, 9.17) is 0 Å². The van der Waals surface area contributed by atoms with Crippen LogP contribution in [0.25, 0.3) is 0 Å². The summed E-state index contributed by atoms with van der Waals surface area (Å²) in [6, 6.07) is 0. The van der Waals surface area contributed by atoms with Crippen molar-refractivity contribution in [3.8, 4) is 0 Å². The Hall–Kier alpha value is -0.410. The van der Waals surface area contributed by atoms with Crippen LogP contribution in [0.1, 0.15) is 19.8 Å². The predicted molar refractivity (Wildman–Crippen MR) is 44.5 cm³/mol. The van der Waals surface area contributed by atoms with Crippen molar-refractivity contribution < 1.29 is 9.90 Å². The van der Waals surface area contributed by atoms with Crippen LogP contribution in [0.4, 0.5) is 0 Å². The van der Waals surface area contributed by atoms with Crippen LogP contribution in [-0.4, -0.2) is 42.5 Å². The molecular weight excluding hydrogens is 142 g/mol. The van der Waals surface area contributed by atoms with E-state index in [2.05, 4.69) is 0 Å². The van der Waals surface area contributed by atoms with Gasteiger partial charge in [-0.3, -0.25) is 4.79 Å². The Morgan fingerprint density at radius 2 is 2.09 bits per heavy atom. The van der Waals surface area contributed by atoms with Gasteiger partial charge in [0.25, 0.3) is 0 Å². The summed E-state index contributed by atoms with van der Waals surface area (Å²) in [6.45, 7) is 2.37. The maximum atomic E-state index is 10.8. The molecule has 0 aromatic carbocycles. The molecule has 0 saturated heterocycles. The number of hydrogen-bond donors (Lipinski definition) is 1. The molecule has 0 aliphatic heterocycles. The van der Waals surface area contributed by atoms with E-state index in [0.29, 0.717) is 13.0 Å². The number of carbonyl (C=O) groups excluding carboxylic acids is 1. The topological polar surface area (TPSA) is 40.5 Å². The fourth-order valence-electron chi connectivity index (χ4n) is 0.893. The smallest absolute Gasteiger partial charge is 0.135 e. The quantitative estimate of drug-likeness (QED) is 0.626. The maximum Gasteiger partial charge on any atom is 0.135 e. The molecule has 11 heavy (non-hydrogen) atoms. The molecule has 3 heteroatoms. The largest absolute Gasteiger partial charge is 0.391 e. The highest BCUT2D eigenvalue weighted by atomic mass is 16.3. The van der Waals surface area contributed by atoms with Crippen LogP contribution >= 0.6 is 0 Å². The Morgan fingerprint density at radius 1 is 1.55 bits per heavy atom. The first-order chi connectivity index (χ1) is 5.06. The van der Waals surface area contributed by atoms with Crippen molar-refractivity contribution in [3.63, 3.8) is 0 Å². The van der Waals surface area contributed by atoms with Crippen molar-refractivity contribution in [2.45, 2.75) is 25.9 Å². The fraction of sp³-hybridized carbons (Fsp3) is 0.875. The van der Waals surface area contributed by atoms with E-state index in [1.807, 2.05) is 25.9 Å². The van der Waals surface area contributed by atoms with E-state index in [9.17, 15) is 9.90 Å². The van der Waals surface area contributed by atoms with Gasteiger partial charge >= 0.3 is 0 Å². The first-order valence-corrected chi connectivity index (χ1v) is 3.90. The zero-order chi connectivity index (χ0) is 8.85. The van der Waals surface area contributed by atoms with Crippen LogP contribution in [0.3, 0.4) is 0 Å². The molecule has 0 aromatic rings. The van der Waals surface area contributed by atoms with Crippen molar-refractivity contribution in [3.05, 3.63) is 0 Å². The fourth-order valence-corrected chi connectivity index (χ4v) is 0.893. The minimum absolute atomic E-state index is 0.124. The SMILES string of the molecule is CCC(=O)CC(O)CN(C)C. The number of carbonyl (C=O) groups is 1. The Balaban J connectivity index is 3.51. The second-order valence-corrected chi connectivity index (χ2v) is 3.01. The minimum atomic E-state index is -0.502. The van der Waals surface area contributed by atoms with E-state index in [1.54, 1.807) is 0 Å². The highest BCUT2D eigenvalue weighted by Gasteiger charge is 2.09. The molecule has 1 atom stereocenters. The van der Waals surface area contributed by atoms with Crippen molar-refractivity contribution in [2.75, 3.05) is 20.6 Å². The number of nitrogens with zero attached hydrogens (tertiary/aromatic N) is 1. The molecular formula is C8H17NO2. The lowest BCUT2D eigenvalue weighted by atomic mass is 10.1. The summed E-state index contributed by atoms with van der Waals surface area (Å²) in [6.07, 6.45) is 0.302. The van der Waals surface area contributed by atoms with Crippen LogP contribution in [0.2, 0.25) is 0 Å². The van der Waals surface area contributed by atoms with Gasteiger partial charge in [-0.25, -0.2) is 0 Å². The molecule has 0 spiro atoms. The lowest BCUT2D eigenvalue weighted by Crippen LogP contribution is -2.27. The van der Waals surface area contributed by atoms with Crippen LogP contribution in [-0.2, 0) is 4.79 Å². The number of rotatable bonds is 5. The number of hydrogen-bond acceptors (Lipinski definition) is 3. The standard InChI is InChI=1S/C8H17NO2/c1-4-7(10)5-8(11)6-9(2)3/h8,11H,4-6H2,1-3H3. The number of Topliss-reactive ketones (excluding diaryl/α,β-unsaturated/α-hetero) is 1. The summed E-state index contributed by atoms with van der Waals surface area (Å²) in [5.41, 5.74) is 0. The zero-order valence-corrected chi connectivity index (χ0v) is 7.50. The summed E-state index contributed by atoms with van der Waals surface area (Å²) >= 11 is 0. The van der Waals surface area contributed by atoms with Gasteiger partial charge in [0.1, 0.15) is 5.78 Å². The lowest BCUT2D eigenvalue weighted by molar-refractivity contribution is -0.120. The van der Waals surface area contributed by atoms with Crippen LogP contribution in [0.15, 0.2) is 0 Å². The van der Waals surface area contributed by atoms with Gasteiger partial charge in [-0.1, -0.05) is 6.92 Å². The molecule has 0 amide bonds. The van der Waals surface area contributed by atoms with Gasteiger partial charge in [0.05, 0.1) is 6.10 Å². The van der Waals surface area contributed by atoms with E-state index < -0.39 is 6.10 Å². The molecule has 0 heterocycles. The first-order valence-electron chi connectivity index (χ1n) is 3.90. The number of aliphatic hydroxyl groups excluding tert-OH is 1. The summed E-state index contributed by atoms with van der Waals surface area (Å²) in [4.78, 5) is 12.7. The second-order valence-electron chi connectivity index (χ2n) is 3.01. The van der Waals surface area contributed by atoms with Crippen molar-refractivity contribution in [1.29, 1.82) is 0 Å². The molecule has 1 N–H and O–H groups in total. The third-order valence-corrected chi connectivity index (χ3v) is 1.43. The monoisotopic (exact) mass is 159 g/mol. The van der Waals surface area contributed by atoms with Gasteiger partial charge in [0.15, 0.2) is 0 Å². The van der Waals surface area contributed by atoms with Gasteiger partial charge in [-0.05, 0) is 14.1 Å². The molecule has 0 radical (unpaired) electrons. The van der Waals surface area contributed by atoms with Gasteiger partial charge < -0.3 is 10.0 Å². The van der Waals surface area contributed by atoms with Crippen LogP contribution in [0, 0.1) is 0 Å². The number of likely N-dealkylation sites (N-methyl/N-ethyl adjacent to an activating group) is 1. The number of aliphatic hydroxyl groups is 1. The van der Waals surface area contributed by atoms with E-state index in [-0.39, 0.29) is 12.2 Å². The third kappa shape index (κ3) is 6.01. The Kier molecular flexibility index (Phi) is 5.07. The lowest BCUT2D eigenvalue weighted by Gasteiger charge is -2.14. The van der Waals surface area contributed by atoms with Crippen molar-refractivity contribution in [1.82, 2.24) is 4.90 Å². The van der Waals surface area contributed by atoms with E-state index in [1.165, 1.54) is 0 Å². The molecule has 66 valence electrons. The highest BCUT2D eigenvalue weighted by Crippen LogP contribution is 1.96. The summed E-state index contributed by atoms with van der Waals surface area (Å²) in [5.74, 6) is 0.124. The molecule has 0 aromatic heterocycles. The molecule has 0 saturated carbocycles. The van der Waals surface area contributed by atoms with E-state index >= 15 is 0 Å². The first kappa shape index (κ1) is 10.6. The molecule has 0 aliphatic carbocycles. The molecule has 0 fully saturated rings. The predicted octanol–water partition coefficient (Wildman–Crippen LogP) is 0.278. The van der Waals surface area contributed by atoms with E-state index in [0.717, 1.165) is 0 Å². The average molecular weight is 159 g/mol. The summed E-state index contributed by atoms with van der Waals surface area (Å²) in [7, 11) is 3.75. The van der Waals surface area contributed by atoms with Crippen LogP contribution < -0.4 is 0 Å². The number of ketones is 1. The van der Waals surface area contributed by atoms with Gasteiger partial charge in [-0.2, -0.15) is 0 Å². The second kappa shape index (κ2) is 5.27.